The number of esters is 1. The summed E-state index contributed by atoms with van der Waals surface area (Å²) >= 11 is 5.64. The summed E-state index contributed by atoms with van der Waals surface area (Å²) < 4.78 is 29.4. The molecule has 16 heavy (non-hydrogen) atoms. The number of halogens is 3. The van der Waals surface area contributed by atoms with Gasteiger partial charge in [0.1, 0.15) is 17.3 Å². The van der Waals surface area contributed by atoms with Crippen LogP contribution < -0.4 is 0 Å². The average molecular weight is 247 g/mol. The first-order valence-electron chi connectivity index (χ1n) is 3.97. The quantitative estimate of drug-likeness (QED) is 0.752. The third-order valence-electron chi connectivity index (χ3n) is 1.76. The second kappa shape index (κ2) is 4.86. The van der Waals surface area contributed by atoms with Gasteiger partial charge in [-0.25, -0.2) is 13.6 Å². The minimum absolute atomic E-state index is 0.161. The van der Waals surface area contributed by atoms with Crippen molar-refractivity contribution in [3.05, 3.63) is 28.0 Å². The third-order valence-corrected chi connectivity index (χ3v) is 2.15. The molecule has 0 unspecified atom stereocenters. The summed E-state index contributed by atoms with van der Waals surface area (Å²) in [5, 5.41) is 8.24. The number of rotatable bonds is 2. The van der Waals surface area contributed by atoms with Crippen molar-refractivity contribution < 1.29 is 18.3 Å². The average Bonchev–Trinajstić information content (AvgIpc) is 2.27. The summed E-state index contributed by atoms with van der Waals surface area (Å²) in [5.74, 6) is -1.05. The number of carbonyl (C=O) groups is 1. The van der Waals surface area contributed by atoms with Gasteiger partial charge in [0.2, 0.25) is 0 Å². The predicted molar refractivity (Wildman–Crippen MR) is 50.3 cm³/mol. The highest BCUT2D eigenvalue weighted by Gasteiger charge is 2.25. The molecule has 0 bridgehead atoms. The molecule has 1 aromatic rings. The fourth-order valence-corrected chi connectivity index (χ4v) is 1.31. The van der Waals surface area contributed by atoms with Gasteiger partial charge in [0, 0.05) is 6.20 Å². The molecule has 84 valence electrons. The van der Waals surface area contributed by atoms with Crippen LogP contribution in [0.1, 0.15) is 28.0 Å². The van der Waals surface area contributed by atoms with Gasteiger partial charge >= 0.3 is 5.97 Å². The number of nitrogens with zero attached hydrogens (tertiary/aromatic N) is 2. The predicted octanol–water partition coefficient (Wildman–Crippen LogP) is 2.33. The van der Waals surface area contributed by atoms with Gasteiger partial charge in [-0.2, -0.15) is 5.26 Å². The highest BCUT2D eigenvalue weighted by molar-refractivity contribution is 6.34. The van der Waals surface area contributed by atoms with E-state index in [1.54, 1.807) is 6.07 Å². The van der Waals surface area contributed by atoms with Crippen LogP contribution in [-0.2, 0) is 4.74 Å². The van der Waals surface area contributed by atoms with Crippen LogP contribution >= 0.6 is 11.6 Å². The Morgan fingerprint density at radius 3 is 2.75 bits per heavy atom. The zero-order valence-electron chi connectivity index (χ0n) is 8.00. The molecule has 0 aliphatic heterocycles. The first-order valence-corrected chi connectivity index (χ1v) is 4.35. The van der Waals surface area contributed by atoms with Crippen LogP contribution in [0.4, 0.5) is 8.78 Å². The van der Waals surface area contributed by atoms with Gasteiger partial charge in [0.25, 0.3) is 6.43 Å². The minimum Gasteiger partial charge on any atom is -0.465 e. The Balaban J connectivity index is 3.50. The largest absolute Gasteiger partial charge is 0.465 e. The molecule has 0 atom stereocenters. The van der Waals surface area contributed by atoms with Crippen LogP contribution in [0, 0.1) is 11.3 Å². The molecular formula is C9H5ClF2N2O2. The molecular weight excluding hydrogens is 242 g/mol. The van der Waals surface area contributed by atoms with Crippen molar-refractivity contribution in [1.29, 1.82) is 5.26 Å². The number of ether oxygens (including phenoxy) is 1. The lowest BCUT2D eigenvalue weighted by Gasteiger charge is -2.08. The molecule has 7 heteroatoms. The molecule has 0 fully saturated rings. The molecule has 0 aromatic carbocycles. The lowest BCUT2D eigenvalue weighted by molar-refractivity contribution is 0.0587. The first-order chi connectivity index (χ1) is 7.52. The van der Waals surface area contributed by atoms with E-state index in [1.165, 1.54) is 0 Å². The number of alkyl halides is 2. The number of hydrogen-bond acceptors (Lipinski definition) is 4. The maximum Gasteiger partial charge on any atom is 0.341 e. The van der Waals surface area contributed by atoms with E-state index in [-0.39, 0.29) is 10.6 Å². The zero-order valence-corrected chi connectivity index (χ0v) is 8.76. The Bertz CT molecular complexity index is 471. The minimum atomic E-state index is -2.97. The lowest BCUT2D eigenvalue weighted by Crippen LogP contribution is -2.10. The molecule has 0 spiro atoms. The molecule has 0 saturated carbocycles. The van der Waals surface area contributed by atoms with Crippen LogP contribution in [0.15, 0.2) is 6.20 Å². The van der Waals surface area contributed by atoms with Crippen LogP contribution in [0.25, 0.3) is 0 Å². The standard InChI is InChI=1S/C9H5ClF2N2O2/c1-16-9(15)5-6(10)4(2-13)3-14-7(5)8(11)12/h3,8H,1H3. The van der Waals surface area contributed by atoms with E-state index in [4.69, 9.17) is 16.9 Å². The maximum atomic E-state index is 12.5. The first kappa shape index (κ1) is 12.3. The van der Waals surface area contributed by atoms with Gasteiger partial charge in [-0.05, 0) is 0 Å². The third kappa shape index (κ3) is 2.09. The summed E-state index contributed by atoms with van der Waals surface area (Å²) in [7, 11) is 1.02. The fraction of sp³-hybridized carbons (Fsp3) is 0.222. The second-order valence-electron chi connectivity index (χ2n) is 2.65. The topological polar surface area (TPSA) is 63.0 Å². The van der Waals surface area contributed by atoms with Crippen molar-refractivity contribution in [3.63, 3.8) is 0 Å². The molecule has 0 aliphatic rings. The normalized spacial score (nSPS) is 10.0. The Labute approximate surface area is 94.4 Å². The Kier molecular flexibility index (Phi) is 3.74. The smallest absolute Gasteiger partial charge is 0.341 e. The van der Waals surface area contributed by atoms with Gasteiger partial charge in [0.15, 0.2) is 0 Å². The summed E-state index contributed by atoms with van der Waals surface area (Å²) in [5.41, 5.74) is -1.53. The van der Waals surface area contributed by atoms with Crippen LogP contribution in [0.5, 0.6) is 0 Å². The Hall–Kier alpha value is -1.74. The van der Waals surface area contributed by atoms with Crippen molar-refractivity contribution in [3.8, 4) is 6.07 Å². The van der Waals surface area contributed by atoms with Gasteiger partial charge in [-0.1, -0.05) is 11.6 Å². The molecule has 0 amide bonds. The summed E-state index contributed by atoms with van der Waals surface area (Å²) in [6, 6.07) is 1.63. The lowest BCUT2D eigenvalue weighted by atomic mass is 10.1. The van der Waals surface area contributed by atoms with Gasteiger partial charge in [0.05, 0.1) is 17.7 Å². The van der Waals surface area contributed by atoms with E-state index in [2.05, 4.69) is 9.72 Å². The van der Waals surface area contributed by atoms with Crippen LogP contribution in [0.3, 0.4) is 0 Å². The van der Waals surface area contributed by atoms with Gasteiger partial charge < -0.3 is 4.74 Å². The molecule has 0 N–H and O–H groups in total. The van der Waals surface area contributed by atoms with E-state index in [0.29, 0.717) is 0 Å². The molecule has 0 aliphatic carbocycles. The van der Waals surface area contributed by atoms with E-state index < -0.39 is 23.7 Å². The van der Waals surface area contributed by atoms with Crippen molar-refractivity contribution in [2.75, 3.05) is 7.11 Å². The number of pyridine rings is 1. The number of aromatic nitrogens is 1. The summed E-state index contributed by atoms with van der Waals surface area (Å²) in [6.45, 7) is 0. The number of hydrogen-bond donors (Lipinski definition) is 0. The van der Waals surface area contributed by atoms with Gasteiger partial charge in [-0.15, -0.1) is 0 Å². The summed E-state index contributed by atoms with van der Waals surface area (Å²) in [6.07, 6.45) is -2.09. The molecule has 0 saturated heterocycles. The molecule has 4 nitrogen and oxygen atoms in total. The van der Waals surface area contributed by atoms with E-state index >= 15 is 0 Å². The van der Waals surface area contributed by atoms with E-state index in [9.17, 15) is 13.6 Å². The number of methoxy groups -OCH3 is 1. The van der Waals surface area contributed by atoms with E-state index in [1.807, 2.05) is 0 Å². The van der Waals surface area contributed by atoms with Crippen LogP contribution in [-0.4, -0.2) is 18.1 Å². The van der Waals surface area contributed by atoms with E-state index in [0.717, 1.165) is 13.3 Å². The Morgan fingerprint density at radius 2 is 2.31 bits per heavy atom. The molecule has 1 heterocycles. The second-order valence-corrected chi connectivity index (χ2v) is 3.03. The van der Waals surface area contributed by atoms with Crippen molar-refractivity contribution in [2.45, 2.75) is 6.43 Å². The Morgan fingerprint density at radius 1 is 1.69 bits per heavy atom. The van der Waals surface area contributed by atoms with Crippen molar-refractivity contribution in [1.82, 2.24) is 4.98 Å². The SMILES string of the molecule is COC(=O)c1c(C(F)F)ncc(C#N)c1Cl. The van der Waals surface area contributed by atoms with Crippen LogP contribution in [0.2, 0.25) is 5.02 Å². The molecule has 0 radical (unpaired) electrons. The highest BCUT2D eigenvalue weighted by atomic mass is 35.5. The fourth-order valence-electron chi connectivity index (χ4n) is 1.04. The number of carbonyl (C=O) groups excluding carboxylic acids is 1. The monoisotopic (exact) mass is 246 g/mol. The molecule has 1 rings (SSSR count). The van der Waals surface area contributed by atoms with Gasteiger partial charge in [-0.3, -0.25) is 4.98 Å². The van der Waals surface area contributed by atoms with Crippen molar-refractivity contribution in [2.24, 2.45) is 0 Å². The number of nitriles is 1. The zero-order chi connectivity index (χ0) is 12.3. The summed E-state index contributed by atoms with van der Waals surface area (Å²) in [4.78, 5) is 14.6. The highest BCUT2D eigenvalue weighted by Crippen LogP contribution is 2.29. The van der Waals surface area contributed by atoms with Crippen molar-refractivity contribution >= 4 is 17.6 Å². The molecule has 1 aromatic heterocycles. The maximum absolute atomic E-state index is 12.5.